The fraction of sp³-hybridized carbons (Fsp3) is 0.519. The Morgan fingerprint density at radius 1 is 1.21 bits per heavy atom. The summed E-state index contributed by atoms with van der Waals surface area (Å²) in [4.78, 5) is 30.6. The van der Waals surface area contributed by atoms with Gasteiger partial charge >= 0.3 is 5.97 Å². The Hall–Kier alpha value is -3.47. The molecule has 4 heterocycles. The van der Waals surface area contributed by atoms with Crippen molar-refractivity contribution in [2.24, 2.45) is 7.05 Å². The number of alkyl halides is 2. The van der Waals surface area contributed by atoms with Gasteiger partial charge in [0.05, 0.1) is 37.6 Å². The first-order valence-corrected chi connectivity index (χ1v) is 12.9. The molecule has 3 aromatic heterocycles. The monoisotopic (exact) mass is 528 g/mol. The molecule has 0 spiro atoms. The summed E-state index contributed by atoms with van der Waals surface area (Å²) in [5, 5.41) is 8.45. The van der Waals surface area contributed by atoms with Crippen LogP contribution >= 0.6 is 0 Å². The minimum atomic E-state index is -2.93. The number of carbonyl (C=O) groups excluding carboxylic acids is 1. The third-order valence-corrected chi connectivity index (χ3v) is 6.79. The predicted octanol–water partition coefficient (Wildman–Crippen LogP) is 3.34. The third-order valence-electron chi connectivity index (χ3n) is 6.79. The quantitative estimate of drug-likeness (QED) is 0.393. The summed E-state index contributed by atoms with van der Waals surface area (Å²) in [6.07, 6.45) is 3.38. The fourth-order valence-electron chi connectivity index (χ4n) is 5.10. The molecule has 9 nitrogen and oxygen atoms in total. The van der Waals surface area contributed by atoms with Crippen LogP contribution in [0.2, 0.25) is 0 Å². The van der Waals surface area contributed by atoms with E-state index in [1.165, 1.54) is 4.90 Å². The van der Waals surface area contributed by atoms with Crippen molar-refractivity contribution in [3.05, 3.63) is 63.3 Å². The van der Waals surface area contributed by atoms with Gasteiger partial charge in [0.2, 0.25) is 0 Å². The molecule has 38 heavy (non-hydrogen) atoms. The molecule has 11 heteroatoms. The molecule has 0 amide bonds. The average molecular weight is 529 g/mol. The molecule has 4 rings (SSSR count). The van der Waals surface area contributed by atoms with Crippen molar-refractivity contribution in [1.29, 1.82) is 0 Å². The zero-order valence-electron chi connectivity index (χ0n) is 22.3. The molecule has 0 bridgehead atoms. The number of rotatable bonds is 9. The average Bonchev–Trinajstić information content (AvgIpc) is 3.20. The van der Waals surface area contributed by atoms with E-state index in [0.29, 0.717) is 34.9 Å². The van der Waals surface area contributed by atoms with Crippen LogP contribution < -0.4 is 5.56 Å². The minimum absolute atomic E-state index is 0.123. The molecule has 1 aliphatic heterocycles. The van der Waals surface area contributed by atoms with Crippen molar-refractivity contribution in [1.82, 2.24) is 29.4 Å². The summed E-state index contributed by atoms with van der Waals surface area (Å²) in [6, 6.07) is 6.97. The summed E-state index contributed by atoms with van der Waals surface area (Å²) in [5.41, 5.74) is 4.07. The van der Waals surface area contributed by atoms with Gasteiger partial charge < -0.3 is 9.30 Å². The Kier molecular flexibility index (Phi) is 8.35. The Labute approximate surface area is 220 Å². The van der Waals surface area contributed by atoms with E-state index in [9.17, 15) is 18.4 Å². The van der Waals surface area contributed by atoms with Crippen LogP contribution in [0.1, 0.15) is 55.1 Å². The number of nitrogens with zero attached hydrogens (tertiary/aromatic N) is 6. The van der Waals surface area contributed by atoms with E-state index in [2.05, 4.69) is 17.2 Å². The highest BCUT2D eigenvalue weighted by atomic mass is 19.3. The van der Waals surface area contributed by atoms with Crippen LogP contribution in [-0.4, -0.2) is 67.6 Å². The van der Waals surface area contributed by atoms with Crippen molar-refractivity contribution in [2.75, 3.05) is 26.2 Å². The molecule has 0 radical (unpaired) electrons. The Bertz CT molecular complexity index is 1350. The van der Waals surface area contributed by atoms with E-state index >= 15 is 0 Å². The van der Waals surface area contributed by atoms with Crippen molar-refractivity contribution in [2.45, 2.75) is 58.4 Å². The molecule has 1 saturated heterocycles. The second-order valence-electron chi connectivity index (χ2n) is 9.86. The first kappa shape index (κ1) is 27.6. The van der Waals surface area contributed by atoms with Crippen LogP contribution in [0.4, 0.5) is 8.78 Å². The molecular formula is C27H34F2N6O3. The van der Waals surface area contributed by atoms with E-state index in [-0.39, 0.29) is 31.7 Å². The number of hydrogen-bond donors (Lipinski definition) is 0. The van der Waals surface area contributed by atoms with Gasteiger partial charge in [0.15, 0.2) is 0 Å². The maximum atomic E-state index is 14.6. The molecule has 1 fully saturated rings. The van der Waals surface area contributed by atoms with Crippen molar-refractivity contribution >= 4 is 5.97 Å². The largest absolute Gasteiger partial charge is 0.465 e. The van der Waals surface area contributed by atoms with Gasteiger partial charge in [-0.15, -0.1) is 5.10 Å². The molecule has 0 unspecified atom stereocenters. The zero-order valence-corrected chi connectivity index (χ0v) is 22.3. The molecular weight excluding hydrogens is 494 g/mol. The SMILES string of the molecule is CCCc1ccc(=O)n(Cc2c(-c3ccc([C@H]4CN(CC(=O)OCC)CC(F)(F)C4)c(C)n3)nnn2C)c1. The summed E-state index contributed by atoms with van der Waals surface area (Å²) in [5.74, 6) is -3.93. The number of esters is 1. The Balaban J connectivity index is 1.59. The zero-order chi connectivity index (χ0) is 27.4. The first-order valence-electron chi connectivity index (χ1n) is 12.9. The third kappa shape index (κ3) is 6.32. The van der Waals surface area contributed by atoms with E-state index < -0.39 is 24.4 Å². The van der Waals surface area contributed by atoms with Crippen molar-refractivity contribution in [3.63, 3.8) is 0 Å². The number of halogens is 2. The minimum Gasteiger partial charge on any atom is -0.465 e. The normalized spacial score (nSPS) is 17.5. The lowest BCUT2D eigenvalue weighted by Crippen LogP contribution is -2.48. The van der Waals surface area contributed by atoms with E-state index in [0.717, 1.165) is 18.4 Å². The number of ether oxygens (including phenoxy) is 1. The number of aromatic nitrogens is 5. The molecule has 3 aromatic rings. The number of aryl methyl sites for hydroxylation is 3. The smallest absolute Gasteiger partial charge is 0.320 e. The predicted molar refractivity (Wildman–Crippen MR) is 138 cm³/mol. The fourth-order valence-corrected chi connectivity index (χ4v) is 5.10. The Morgan fingerprint density at radius 2 is 2.00 bits per heavy atom. The van der Waals surface area contributed by atoms with E-state index in [4.69, 9.17) is 9.72 Å². The van der Waals surface area contributed by atoms with Gasteiger partial charge in [0.1, 0.15) is 5.69 Å². The van der Waals surface area contributed by atoms with Gasteiger partial charge in [0, 0.05) is 43.9 Å². The van der Waals surface area contributed by atoms with Crippen molar-refractivity contribution < 1.29 is 18.3 Å². The van der Waals surface area contributed by atoms with Crippen LogP contribution in [0.5, 0.6) is 0 Å². The van der Waals surface area contributed by atoms with Gasteiger partial charge in [-0.05, 0) is 37.5 Å². The van der Waals surface area contributed by atoms with Gasteiger partial charge in [0.25, 0.3) is 11.5 Å². The molecule has 1 atom stereocenters. The molecule has 1 aliphatic rings. The number of hydrogen-bond acceptors (Lipinski definition) is 7. The molecule has 204 valence electrons. The van der Waals surface area contributed by atoms with Crippen LogP contribution in [0.25, 0.3) is 11.4 Å². The maximum Gasteiger partial charge on any atom is 0.320 e. The van der Waals surface area contributed by atoms with Gasteiger partial charge in [-0.1, -0.05) is 30.7 Å². The lowest BCUT2D eigenvalue weighted by atomic mass is 9.87. The van der Waals surface area contributed by atoms with Gasteiger partial charge in [-0.2, -0.15) is 0 Å². The van der Waals surface area contributed by atoms with Gasteiger partial charge in [-0.3, -0.25) is 19.5 Å². The van der Waals surface area contributed by atoms with Crippen LogP contribution in [0.3, 0.4) is 0 Å². The summed E-state index contributed by atoms with van der Waals surface area (Å²) in [7, 11) is 1.76. The standard InChI is InChI=1S/C27H34F2N6O3/c1-5-7-19-8-11-24(36)35(13-19)15-23-26(31-32-33(23)4)22-10-9-21(18(3)30-22)20-12-27(28,29)17-34(14-20)16-25(37)38-6-2/h8-11,13,20H,5-7,12,14-17H2,1-4H3/t20-/m1/s1. The molecule has 0 saturated carbocycles. The summed E-state index contributed by atoms with van der Waals surface area (Å²) < 4.78 is 37.4. The first-order chi connectivity index (χ1) is 18.1. The highest BCUT2D eigenvalue weighted by Crippen LogP contribution is 2.37. The molecule has 0 aromatic carbocycles. The van der Waals surface area contributed by atoms with E-state index in [1.54, 1.807) is 48.3 Å². The highest BCUT2D eigenvalue weighted by molar-refractivity contribution is 5.71. The van der Waals surface area contributed by atoms with Crippen LogP contribution in [0, 0.1) is 6.92 Å². The van der Waals surface area contributed by atoms with E-state index in [1.807, 2.05) is 12.3 Å². The number of likely N-dealkylation sites (tertiary alicyclic amines) is 1. The van der Waals surface area contributed by atoms with Crippen molar-refractivity contribution in [3.8, 4) is 11.4 Å². The molecule has 0 aliphatic carbocycles. The van der Waals surface area contributed by atoms with Crippen LogP contribution in [0.15, 0.2) is 35.3 Å². The second-order valence-corrected chi connectivity index (χ2v) is 9.86. The van der Waals surface area contributed by atoms with Gasteiger partial charge in [-0.25, -0.2) is 13.5 Å². The summed E-state index contributed by atoms with van der Waals surface area (Å²) >= 11 is 0. The van der Waals surface area contributed by atoms with Crippen LogP contribution in [-0.2, 0) is 29.5 Å². The Morgan fingerprint density at radius 3 is 2.71 bits per heavy atom. The maximum absolute atomic E-state index is 14.6. The topological polar surface area (TPSA) is 95.1 Å². The summed E-state index contributed by atoms with van der Waals surface area (Å²) in [6.45, 7) is 5.70. The lowest BCUT2D eigenvalue weighted by Gasteiger charge is -2.37. The highest BCUT2D eigenvalue weighted by Gasteiger charge is 2.42. The molecule has 0 N–H and O–H groups in total. The number of carbonyl (C=O) groups is 1. The number of pyridine rings is 2. The second kappa shape index (κ2) is 11.5. The lowest BCUT2D eigenvalue weighted by molar-refractivity contribution is -0.147. The number of piperidine rings is 1.